The molecule has 1 aliphatic carbocycles. The molecule has 0 radical (unpaired) electrons. The van der Waals surface area contributed by atoms with Crippen LogP contribution < -0.4 is 0 Å². The van der Waals surface area contributed by atoms with Crippen LogP contribution in [-0.2, 0) is 12.8 Å². The molecule has 0 aliphatic heterocycles. The summed E-state index contributed by atoms with van der Waals surface area (Å²) in [7, 11) is 0. The molecule has 3 aromatic rings. The van der Waals surface area contributed by atoms with Gasteiger partial charge in [-0.1, -0.05) is 48.5 Å². The van der Waals surface area contributed by atoms with E-state index in [1.807, 2.05) is 0 Å². The molecule has 0 bridgehead atoms. The molecule has 17 heavy (non-hydrogen) atoms. The van der Waals surface area contributed by atoms with Crippen molar-refractivity contribution >= 4 is 21.5 Å². The van der Waals surface area contributed by atoms with E-state index in [1.54, 1.807) is 11.1 Å². The molecule has 0 spiro atoms. The van der Waals surface area contributed by atoms with Crippen molar-refractivity contribution in [3.05, 3.63) is 59.7 Å². The van der Waals surface area contributed by atoms with Gasteiger partial charge in [0.05, 0.1) is 0 Å². The Labute approximate surface area is 101 Å². The molecule has 0 unspecified atom stereocenters. The fourth-order valence-corrected chi connectivity index (χ4v) is 3.30. The predicted octanol–water partition coefficient (Wildman–Crippen LogP) is 4.48. The van der Waals surface area contributed by atoms with Crippen molar-refractivity contribution in [3.63, 3.8) is 0 Å². The Morgan fingerprint density at radius 2 is 0.941 bits per heavy atom. The van der Waals surface area contributed by atoms with Gasteiger partial charge in [0.1, 0.15) is 0 Å². The van der Waals surface area contributed by atoms with E-state index < -0.39 is 0 Å². The first-order chi connectivity index (χ1) is 8.45. The van der Waals surface area contributed by atoms with E-state index in [4.69, 9.17) is 0 Å². The summed E-state index contributed by atoms with van der Waals surface area (Å²) in [5, 5.41) is 5.78. The highest BCUT2D eigenvalue weighted by atomic mass is 14.2. The van der Waals surface area contributed by atoms with Crippen LogP contribution in [0.4, 0.5) is 0 Å². The molecule has 82 valence electrons. The third-order valence-corrected chi connectivity index (χ3v) is 4.01. The van der Waals surface area contributed by atoms with Crippen molar-refractivity contribution in [1.82, 2.24) is 0 Å². The van der Waals surface area contributed by atoms with Gasteiger partial charge in [0.2, 0.25) is 0 Å². The van der Waals surface area contributed by atoms with E-state index in [0.717, 1.165) is 0 Å². The average molecular weight is 218 g/mol. The number of fused-ring (bicyclic) bond motifs is 6. The Kier molecular flexibility index (Phi) is 1.81. The molecule has 0 nitrogen and oxygen atoms in total. The molecule has 0 N–H and O–H groups in total. The zero-order valence-electron chi connectivity index (χ0n) is 9.74. The average Bonchev–Trinajstić information content (AvgIpc) is 2.89. The summed E-state index contributed by atoms with van der Waals surface area (Å²) in [6, 6.07) is 17.7. The van der Waals surface area contributed by atoms with E-state index >= 15 is 0 Å². The predicted molar refractivity (Wildman–Crippen MR) is 73.5 cm³/mol. The van der Waals surface area contributed by atoms with Crippen molar-refractivity contribution in [1.29, 1.82) is 0 Å². The van der Waals surface area contributed by atoms with Gasteiger partial charge in [-0.25, -0.2) is 0 Å². The van der Waals surface area contributed by atoms with Crippen molar-refractivity contribution in [2.24, 2.45) is 0 Å². The minimum absolute atomic E-state index is 1.25. The van der Waals surface area contributed by atoms with E-state index in [9.17, 15) is 0 Å². The lowest BCUT2D eigenvalue weighted by Gasteiger charge is -2.11. The van der Waals surface area contributed by atoms with Gasteiger partial charge in [0.25, 0.3) is 0 Å². The normalized spacial score (nSPS) is 14.4. The first kappa shape index (κ1) is 9.23. The molecule has 0 heteroatoms. The van der Waals surface area contributed by atoms with Crippen LogP contribution >= 0.6 is 0 Å². The van der Waals surface area contributed by atoms with E-state index in [2.05, 4.69) is 48.5 Å². The van der Waals surface area contributed by atoms with Crippen molar-refractivity contribution < 1.29 is 0 Å². The lowest BCUT2D eigenvalue weighted by molar-refractivity contribution is 0.915. The summed E-state index contributed by atoms with van der Waals surface area (Å²) < 4.78 is 0. The molecular formula is C17H14. The van der Waals surface area contributed by atoms with Gasteiger partial charge in [-0.05, 0) is 51.9 Å². The van der Waals surface area contributed by atoms with Crippen LogP contribution in [0.3, 0.4) is 0 Å². The molecule has 0 heterocycles. The van der Waals surface area contributed by atoms with E-state index in [1.165, 1.54) is 40.8 Å². The quantitative estimate of drug-likeness (QED) is 0.488. The third-order valence-electron chi connectivity index (χ3n) is 4.01. The highest BCUT2D eigenvalue weighted by Gasteiger charge is 2.17. The van der Waals surface area contributed by atoms with Gasteiger partial charge in [0.15, 0.2) is 0 Å². The Morgan fingerprint density at radius 3 is 1.41 bits per heavy atom. The SMILES string of the molecule is c1ccc2c(c1)c1c(c3ccccc32)CCC1. The van der Waals surface area contributed by atoms with Crippen LogP contribution in [0.25, 0.3) is 21.5 Å². The largest absolute Gasteiger partial charge is 0.0616 e. The summed E-state index contributed by atoms with van der Waals surface area (Å²) >= 11 is 0. The van der Waals surface area contributed by atoms with Crippen LogP contribution in [0.2, 0.25) is 0 Å². The second-order valence-electron chi connectivity index (χ2n) is 4.90. The molecular weight excluding hydrogens is 204 g/mol. The smallest absolute Gasteiger partial charge is 0.0102 e. The summed E-state index contributed by atoms with van der Waals surface area (Å²) in [6.07, 6.45) is 3.81. The maximum absolute atomic E-state index is 2.28. The Morgan fingerprint density at radius 1 is 0.529 bits per heavy atom. The monoisotopic (exact) mass is 218 g/mol. The summed E-state index contributed by atoms with van der Waals surface area (Å²) in [5.74, 6) is 0. The summed E-state index contributed by atoms with van der Waals surface area (Å²) in [6.45, 7) is 0. The summed E-state index contributed by atoms with van der Waals surface area (Å²) in [4.78, 5) is 0. The van der Waals surface area contributed by atoms with Gasteiger partial charge in [-0.2, -0.15) is 0 Å². The number of aryl methyl sites for hydroxylation is 2. The molecule has 0 atom stereocenters. The lowest BCUT2D eigenvalue weighted by Crippen LogP contribution is -1.88. The summed E-state index contributed by atoms with van der Waals surface area (Å²) in [5.41, 5.74) is 3.19. The van der Waals surface area contributed by atoms with Crippen molar-refractivity contribution in [3.8, 4) is 0 Å². The fraction of sp³-hybridized carbons (Fsp3) is 0.176. The maximum Gasteiger partial charge on any atom is -0.0102 e. The Bertz CT molecular complexity index is 660. The van der Waals surface area contributed by atoms with Gasteiger partial charge in [-0.15, -0.1) is 0 Å². The van der Waals surface area contributed by atoms with Crippen LogP contribution in [0.15, 0.2) is 48.5 Å². The third kappa shape index (κ3) is 1.18. The van der Waals surface area contributed by atoms with Gasteiger partial charge < -0.3 is 0 Å². The minimum atomic E-state index is 1.25. The Balaban J connectivity index is 2.34. The van der Waals surface area contributed by atoms with Gasteiger partial charge >= 0.3 is 0 Å². The topological polar surface area (TPSA) is 0 Å². The molecule has 0 saturated heterocycles. The van der Waals surface area contributed by atoms with E-state index in [0.29, 0.717) is 0 Å². The van der Waals surface area contributed by atoms with E-state index in [-0.39, 0.29) is 0 Å². The standard InChI is InChI=1S/C17H14/c1-3-8-14-12(6-1)13-7-2-4-9-15(13)17-11-5-10-16(14)17/h1-4,6-9H,5,10-11H2. The first-order valence-electron chi connectivity index (χ1n) is 6.36. The van der Waals surface area contributed by atoms with Crippen LogP contribution in [0.5, 0.6) is 0 Å². The molecule has 3 aromatic carbocycles. The molecule has 0 aromatic heterocycles. The molecule has 0 saturated carbocycles. The van der Waals surface area contributed by atoms with Crippen molar-refractivity contribution in [2.75, 3.05) is 0 Å². The minimum Gasteiger partial charge on any atom is -0.0616 e. The molecule has 1 aliphatic rings. The van der Waals surface area contributed by atoms with Gasteiger partial charge in [0, 0.05) is 0 Å². The molecule has 0 amide bonds. The van der Waals surface area contributed by atoms with Crippen LogP contribution in [-0.4, -0.2) is 0 Å². The van der Waals surface area contributed by atoms with Gasteiger partial charge in [-0.3, -0.25) is 0 Å². The van der Waals surface area contributed by atoms with Crippen LogP contribution in [0, 0.1) is 0 Å². The Hall–Kier alpha value is -1.82. The second kappa shape index (κ2) is 3.33. The van der Waals surface area contributed by atoms with Crippen molar-refractivity contribution in [2.45, 2.75) is 19.3 Å². The lowest BCUT2D eigenvalue weighted by atomic mass is 9.93. The van der Waals surface area contributed by atoms with Crippen LogP contribution in [0.1, 0.15) is 17.5 Å². The molecule has 0 fully saturated rings. The highest BCUT2D eigenvalue weighted by molar-refractivity contribution is 6.10. The fourth-order valence-electron chi connectivity index (χ4n) is 3.30. The molecule has 4 rings (SSSR count). The zero-order valence-corrected chi connectivity index (χ0v) is 9.74. The second-order valence-corrected chi connectivity index (χ2v) is 4.90. The number of hydrogen-bond donors (Lipinski definition) is 0. The zero-order chi connectivity index (χ0) is 11.2. The maximum atomic E-state index is 2.28. The highest BCUT2D eigenvalue weighted by Crippen LogP contribution is 2.37. The number of hydrogen-bond acceptors (Lipinski definition) is 0. The first-order valence-corrected chi connectivity index (χ1v) is 6.36. The number of rotatable bonds is 0. The number of benzene rings is 3.